The molecule has 0 aliphatic heterocycles. The SMILES string of the molecule is CC[C@H](CCO)Cc1ccc([N+](=O)[O-])cc1. The molecule has 1 atom stereocenters. The Morgan fingerprint density at radius 2 is 2.00 bits per heavy atom. The minimum Gasteiger partial charge on any atom is -0.396 e. The first-order chi connectivity index (χ1) is 7.67. The molecule has 0 bridgehead atoms. The molecule has 4 nitrogen and oxygen atoms in total. The normalized spacial score (nSPS) is 12.4. The van der Waals surface area contributed by atoms with Crippen LogP contribution in [0.5, 0.6) is 0 Å². The fourth-order valence-electron chi connectivity index (χ4n) is 1.72. The van der Waals surface area contributed by atoms with E-state index in [2.05, 4.69) is 6.92 Å². The summed E-state index contributed by atoms with van der Waals surface area (Å²) in [5.74, 6) is 0.450. The third-order valence-electron chi connectivity index (χ3n) is 2.79. The summed E-state index contributed by atoms with van der Waals surface area (Å²) in [4.78, 5) is 10.1. The van der Waals surface area contributed by atoms with Crippen molar-refractivity contribution in [2.45, 2.75) is 26.2 Å². The average molecular weight is 223 g/mol. The summed E-state index contributed by atoms with van der Waals surface area (Å²) in [6.07, 6.45) is 2.67. The van der Waals surface area contributed by atoms with E-state index in [-0.39, 0.29) is 12.3 Å². The van der Waals surface area contributed by atoms with E-state index in [9.17, 15) is 10.1 Å². The topological polar surface area (TPSA) is 63.4 Å². The van der Waals surface area contributed by atoms with Gasteiger partial charge in [-0.2, -0.15) is 0 Å². The van der Waals surface area contributed by atoms with Gasteiger partial charge in [0.05, 0.1) is 4.92 Å². The highest BCUT2D eigenvalue weighted by Crippen LogP contribution is 2.18. The Hall–Kier alpha value is -1.42. The fraction of sp³-hybridized carbons (Fsp3) is 0.500. The summed E-state index contributed by atoms with van der Waals surface area (Å²) in [7, 11) is 0. The summed E-state index contributed by atoms with van der Waals surface area (Å²) in [5, 5.41) is 19.3. The van der Waals surface area contributed by atoms with Crippen LogP contribution in [0.2, 0.25) is 0 Å². The van der Waals surface area contributed by atoms with Crippen LogP contribution in [-0.4, -0.2) is 16.6 Å². The maximum Gasteiger partial charge on any atom is 0.269 e. The van der Waals surface area contributed by atoms with Crippen molar-refractivity contribution in [1.82, 2.24) is 0 Å². The Morgan fingerprint density at radius 3 is 2.44 bits per heavy atom. The van der Waals surface area contributed by atoms with Gasteiger partial charge < -0.3 is 5.11 Å². The number of aliphatic hydroxyl groups excluding tert-OH is 1. The van der Waals surface area contributed by atoms with Gasteiger partial charge in [-0.15, -0.1) is 0 Å². The third kappa shape index (κ3) is 3.62. The number of aliphatic hydroxyl groups is 1. The largest absolute Gasteiger partial charge is 0.396 e. The molecule has 0 heterocycles. The minimum atomic E-state index is -0.394. The van der Waals surface area contributed by atoms with Crippen molar-refractivity contribution in [2.24, 2.45) is 5.92 Å². The highest BCUT2D eigenvalue weighted by Gasteiger charge is 2.08. The van der Waals surface area contributed by atoms with E-state index in [1.807, 2.05) is 0 Å². The minimum absolute atomic E-state index is 0.124. The molecule has 0 saturated carbocycles. The lowest BCUT2D eigenvalue weighted by molar-refractivity contribution is -0.384. The van der Waals surface area contributed by atoms with Crippen molar-refractivity contribution >= 4 is 5.69 Å². The summed E-state index contributed by atoms with van der Waals surface area (Å²) in [5.41, 5.74) is 1.21. The number of nitro benzene ring substituents is 1. The zero-order valence-electron chi connectivity index (χ0n) is 9.43. The molecule has 1 aromatic carbocycles. The maximum atomic E-state index is 10.5. The smallest absolute Gasteiger partial charge is 0.269 e. The first kappa shape index (κ1) is 12.6. The summed E-state index contributed by atoms with van der Waals surface area (Å²) in [6.45, 7) is 2.29. The lowest BCUT2D eigenvalue weighted by Gasteiger charge is -2.12. The van der Waals surface area contributed by atoms with Gasteiger partial charge in [-0.05, 0) is 24.3 Å². The highest BCUT2D eigenvalue weighted by molar-refractivity contribution is 5.32. The van der Waals surface area contributed by atoms with Gasteiger partial charge in [0.2, 0.25) is 0 Å². The van der Waals surface area contributed by atoms with Crippen molar-refractivity contribution < 1.29 is 10.0 Å². The predicted molar refractivity (Wildman–Crippen MR) is 62.3 cm³/mol. The van der Waals surface area contributed by atoms with Crippen molar-refractivity contribution in [3.05, 3.63) is 39.9 Å². The van der Waals surface area contributed by atoms with Crippen molar-refractivity contribution in [2.75, 3.05) is 6.61 Å². The first-order valence-corrected chi connectivity index (χ1v) is 5.51. The molecule has 0 saturated heterocycles. The molecule has 1 N–H and O–H groups in total. The molecule has 1 rings (SSSR count). The van der Waals surface area contributed by atoms with E-state index in [0.717, 1.165) is 24.8 Å². The van der Waals surface area contributed by atoms with Crippen LogP contribution in [0, 0.1) is 16.0 Å². The first-order valence-electron chi connectivity index (χ1n) is 5.51. The Balaban J connectivity index is 2.63. The van der Waals surface area contributed by atoms with E-state index in [1.165, 1.54) is 12.1 Å². The van der Waals surface area contributed by atoms with Crippen LogP contribution in [0.15, 0.2) is 24.3 Å². The van der Waals surface area contributed by atoms with Gasteiger partial charge in [0.1, 0.15) is 0 Å². The second kappa shape index (κ2) is 6.23. The number of hydrogen-bond acceptors (Lipinski definition) is 3. The van der Waals surface area contributed by atoms with Crippen molar-refractivity contribution in [1.29, 1.82) is 0 Å². The van der Waals surface area contributed by atoms with Crippen LogP contribution in [-0.2, 0) is 6.42 Å². The molecule has 0 unspecified atom stereocenters. The molecule has 0 spiro atoms. The third-order valence-corrected chi connectivity index (χ3v) is 2.79. The van der Waals surface area contributed by atoms with Crippen LogP contribution in [0.4, 0.5) is 5.69 Å². The number of non-ortho nitro benzene ring substituents is 1. The second-order valence-corrected chi connectivity index (χ2v) is 3.91. The van der Waals surface area contributed by atoms with E-state index in [1.54, 1.807) is 12.1 Å². The van der Waals surface area contributed by atoms with Gasteiger partial charge in [-0.1, -0.05) is 25.5 Å². The number of nitrogens with zero attached hydrogens (tertiary/aromatic N) is 1. The quantitative estimate of drug-likeness (QED) is 0.595. The van der Waals surface area contributed by atoms with Crippen LogP contribution >= 0.6 is 0 Å². The fourth-order valence-corrected chi connectivity index (χ4v) is 1.72. The lowest BCUT2D eigenvalue weighted by Crippen LogP contribution is -2.05. The van der Waals surface area contributed by atoms with Crippen LogP contribution < -0.4 is 0 Å². The molecular formula is C12H17NO3. The Bertz CT molecular complexity index is 335. The van der Waals surface area contributed by atoms with E-state index >= 15 is 0 Å². The molecular weight excluding hydrogens is 206 g/mol. The van der Waals surface area contributed by atoms with Gasteiger partial charge in [0.15, 0.2) is 0 Å². The predicted octanol–water partition coefficient (Wildman–Crippen LogP) is 2.55. The Kier molecular flexibility index (Phi) is 4.92. The van der Waals surface area contributed by atoms with Gasteiger partial charge >= 0.3 is 0 Å². The molecule has 4 heteroatoms. The molecule has 0 fully saturated rings. The molecule has 16 heavy (non-hydrogen) atoms. The number of hydrogen-bond donors (Lipinski definition) is 1. The van der Waals surface area contributed by atoms with Gasteiger partial charge in [-0.3, -0.25) is 10.1 Å². The molecule has 0 aliphatic rings. The monoisotopic (exact) mass is 223 g/mol. The van der Waals surface area contributed by atoms with Crippen LogP contribution in [0.25, 0.3) is 0 Å². The number of nitro groups is 1. The van der Waals surface area contributed by atoms with E-state index in [0.29, 0.717) is 5.92 Å². The van der Waals surface area contributed by atoms with Gasteiger partial charge in [0, 0.05) is 18.7 Å². The van der Waals surface area contributed by atoms with Crippen LogP contribution in [0.3, 0.4) is 0 Å². The molecule has 0 aliphatic carbocycles. The van der Waals surface area contributed by atoms with Crippen LogP contribution in [0.1, 0.15) is 25.3 Å². The zero-order valence-corrected chi connectivity index (χ0v) is 9.43. The van der Waals surface area contributed by atoms with Crippen molar-refractivity contribution in [3.8, 4) is 0 Å². The Labute approximate surface area is 95.1 Å². The highest BCUT2D eigenvalue weighted by atomic mass is 16.6. The van der Waals surface area contributed by atoms with E-state index in [4.69, 9.17) is 5.11 Å². The standard InChI is InChI=1S/C12H17NO3/c1-2-10(7-8-14)9-11-3-5-12(6-4-11)13(15)16/h3-6,10,14H,2,7-9H2,1H3/t10-/m1/s1. The Morgan fingerprint density at radius 1 is 1.38 bits per heavy atom. The van der Waals surface area contributed by atoms with Crippen molar-refractivity contribution in [3.63, 3.8) is 0 Å². The van der Waals surface area contributed by atoms with Gasteiger partial charge in [0.25, 0.3) is 5.69 Å². The second-order valence-electron chi connectivity index (χ2n) is 3.91. The summed E-state index contributed by atoms with van der Waals surface area (Å²) < 4.78 is 0. The summed E-state index contributed by atoms with van der Waals surface area (Å²) in [6, 6.07) is 6.64. The molecule has 0 radical (unpaired) electrons. The molecule has 0 amide bonds. The van der Waals surface area contributed by atoms with Gasteiger partial charge in [-0.25, -0.2) is 0 Å². The molecule has 0 aromatic heterocycles. The maximum absolute atomic E-state index is 10.5. The zero-order chi connectivity index (χ0) is 12.0. The van der Waals surface area contributed by atoms with E-state index < -0.39 is 4.92 Å². The lowest BCUT2D eigenvalue weighted by atomic mass is 9.94. The average Bonchev–Trinajstić information content (AvgIpc) is 2.29. The number of benzene rings is 1. The summed E-state index contributed by atoms with van der Waals surface area (Å²) >= 11 is 0. The molecule has 1 aromatic rings. The molecule has 88 valence electrons. The number of rotatable bonds is 6.